The van der Waals surface area contributed by atoms with Gasteiger partial charge in [0.2, 0.25) is 5.43 Å². The summed E-state index contributed by atoms with van der Waals surface area (Å²) in [7, 11) is 0. The van der Waals surface area contributed by atoms with E-state index in [1.54, 1.807) is 0 Å². The summed E-state index contributed by atoms with van der Waals surface area (Å²) in [5.41, 5.74) is 5.08. The zero-order chi connectivity index (χ0) is 20.6. The summed E-state index contributed by atoms with van der Waals surface area (Å²) in [4.78, 5) is 25.2. The largest absolute Gasteiger partial charge is 0.481 e. The zero-order valence-corrected chi connectivity index (χ0v) is 18.1. The average Bonchev–Trinajstić information content (AvgIpc) is 2.84. The number of hydrogen-bond donors (Lipinski definition) is 2. The van der Waals surface area contributed by atoms with Crippen molar-refractivity contribution in [3.8, 4) is 0 Å². The highest BCUT2D eigenvalue weighted by Gasteiger charge is 2.40. The maximum Gasteiger partial charge on any atom is 0.303 e. The fraction of sp³-hybridized carbons (Fsp3) is 0.409. The fourth-order valence-electron chi connectivity index (χ4n) is 3.88. The normalized spacial score (nSPS) is 16.7. The van der Waals surface area contributed by atoms with E-state index < -0.39 is 5.97 Å². The Bertz CT molecular complexity index is 1030. The van der Waals surface area contributed by atoms with E-state index in [2.05, 4.69) is 56.5 Å². The van der Waals surface area contributed by atoms with Crippen LogP contribution in [0.4, 0.5) is 5.69 Å². The predicted molar refractivity (Wildman–Crippen MR) is 119 cm³/mol. The molecule has 2 aromatic rings. The smallest absolute Gasteiger partial charge is 0.303 e. The average molecular weight is 416 g/mol. The van der Waals surface area contributed by atoms with Gasteiger partial charge in [0.25, 0.3) is 0 Å². The van der Waals surface area contributed by atoms with Gasteiger partial charge in [0.05, 0.1) is 9.41 Å². The van der Waals surface area contributed by atoms with Crippen LogP contribution in [0.25, 0.3) is 6.08 Å². The standard InChI is InChI=1S/C22H25NO3S2/c1-13-8-9-16-15(11-13)22(2,3)17(12-14-20(27)19(26)21(14)28)23(16)10-6-4-5-7-18(24)25/h8-9,11-12,27H,4-7,10H2,1-3H3,(H,24,25)/b17-12+. The Balaban J connectivity index is 1.94. The molecule has 6 heteroatoms. The number of carbonyl (C=O) groups is 1. The van der Waals surface area contributed by atoms with Crippen LogP contribution >= 0.6 is 24.8 Å². The second-order valence-corrected chi connectivity index (χ2v) is 8.81. The number of aliphatic carboxylic acids is 1. The Kier molecular flexibility index (Phi) is 5.82. The first-order chi connectivity index (χ1) is 13.1. The summed E-state index contributed by atoms with van der Waals surface area (Å²) in [5.74, 6) is -0.750. The van der Waals surface area contributed by atoms with Crippen LogP contribution in [0.1, 0.15) is 56.2 Å². The number of benzene rings is 1. The fourth-order valence-corrected chi connectivity index (χ4v) is 4.58. The van der Waals surface area contributed by atoms with E-state index >= 15 is 0 Å². The predicted octanol–water partition coefficient (Wildman–Crippen LogP) is 5.03. The summed E-state index contributed by atoms with van der Waals surface area (Å²) >= 11 is 9.54. The number of hydrogen-bond acceptors (Lipinski definition) is 5. The van der Waals surface area contributed by atoms with Crippen molar-refractivity contribution in [1.82, 2.24) is 0 Å². The van der Waals surface area contributed by atoms with Crippen molar-refractivity contribution >= 4 is 42.6 Å². The van der Waals surface area contributed by atoms with Crippen molar-refractivity contribution in [1.29, 1.82) is 0 Å². The van der Waals surface area contributed by atoms with Crippen molar-refractivity contribution in [2.75, 3.05) is 11.4 Å². The minimum atomic E-state index is -0.750. The maximum absolute atomic E-state index is 11.8. The topological polar surface area (TPSA) is 57.6 Å². The number of nitrogens with zero attached hydrogens (tertiary/aromatic N) is 1. The van der Waals surface area contributed by atoms with Gasteiger partial charge in [-0.25, -0.2) is 0 Å². The van der Waals surface area contributed by atoms with E-state index in [1.807, 2.05) is 6.08 Å². The molecule has 148 valence electrons. The molecule has 2 aromatic carbocycles. The molecule has 3 rings (SSSR count). The summed E-state index contributed by atoms with van der Waals surface area (Å²) in [6, 6.07) is 6.47. The number of allylic oxidation sites excluding steroid dienone is 1. The zero-order valence-electron chi connectivity index (χ0n) is 16.4. The molecule has 28 heavy (non-hydrogen) atoms. The Hall–Kier alpha value is -1.92. The van der Waals surface area contributed by atoms with Gasteiger partial charge in [0.15, 0.2) is 0 Å². The van der Waals surface area contributed by atoms with Gasteiger partial charge in [-0.2, -0.15) is 0 Å². The van der Waals surface area contributed by atoms with Crippen LogP contribution in [0.15, 0.2) is 33.6 Å². The van der Waals surface area contributed by atoms with Crippen LogP contribution in [0, 0.1) is 11.4 Å². The highest BCUT2D eigenvalue weighted by atomic mass is 32.1. The van der Waals surface area contributed by atoms with E-state index in [4.69, 9.17) is 17.3 Å². The molecule has 0 spiro atoms. The molecular weight excluding hydrogens is 390 g/mol. The molecule has 0 aromatic heterocycles. The Morgan fingerprint density at radius 3 is 2.64 bits per heavy atom. The summed E-state index contributed by atoms with van der Waals surface area (Å²) in [6.45, 7) is 7.25. The molecule has 0 saturated heterocycles. The Morgan fingerprint density at radius 2 is 2.00 bits per heavy atom. The highest BCUT2D eigenvalue weighted by molar-refractivity contribution is 7.80. The van der Waals surface area contributed by atoms with Crippen molar-refractivity contribution in [2.45, 2.75) is 56.8 Å². The second kappa shape index (κ2) is 7.84. The van der Waals surface area contributed by atoms with Crippen molar-refractivity contribution in [3.05, 3.63) is 55.3 Å². The van der Waals surface area contributed by atoms with Crippen LogP contribution in [-0.4, -0.2) is 17.6 Å². The van der Waals surface area contributed by atoms with Crippen LogP contribution in [0.5, 0.6) is 0 Å². The van der Waals surface area contributed by atoms with Gasteiger partial charge < -0.3 is 10.0 Å². The molecule has 0 aliphatic carbocycles. The minimum Gasteiger partial charge on any atom is -0.481 e. The lowest BCUT2D eigenvalue weighted by Gasteiger charge is -2.28. The van der Waals surface area contributed by atoms with Crippen molar-refractivity contribution < 1.29 is 9.90 Å². The number of unbranched alkanes of at least 4 members (excludes halogenated alkanes) is 2. The van der Waals surface area contributed by atoms with Gasteiger partial charge in [-0.05, 0) is 37.5 Å². The van der Waals surface area contributed by atoms with E-state index in [-0.39, 0.29) is 17.3 Å². The molecule has 0 bridgehead atoms. The van der Waals surface area contributed by atoms with Crippen LogP contribution < -0.4 is 10.3 Å². The first-order valence-corrected chi connectivity index (χ1v) is 10.3. The maximum atomic E-state index is 11.8. The van der Waals surface area contributed by atoms with E-state index in [0.717, 1.165) is 36.3 Å². The highest BCUT2D eigenvalue weighted by Crippen LogP contribution is 2.49. The first kappa shape index (κ1) is 20.8. The molecule has 0 saturated carbocycles. The summed E-state index contributed by atoms with van der Waals surface area (Å²) < 4.78 is 0.349. The lowest BCUT2D eigenvalue weighted by Crippen LogP contribution is -2.27. The molecule has 1 aliphatic heterocycles. The lowest BCUT2D eigenvalue weighted by atomic mass is 9.82. The third-order valence-electron chi connectivity index (χ3n) is 5.52. The number of fused-ring (bicyclic) bond motifs is 1. The molecular formula is C22H25NO3S2. The van der Waals surface area contributed by atoms with Gasteiger partial charge >= 0.3 is 5.97 Å². The van der Waals surface area contributed by atoms with E-state index in [1.165, 1.54) is 11.1 Å². The first-order valence-electron chi connectivity index (χ1n) is 9.49. The monoisotopic (exact) mass is 415 g/mol. The molecule has 0 atom stereocenters. The number of carboxylic acid groups (broad SMARTS) is 1. The quantitative estimate of drug-likeness (QED) is 0.377. The number of thiol groups is 1. The second-order valence-electron chi connectivity index (χ2n) is 7.95. The molecule has 0 unspecified atom stereocenters. The third-order valence-corrected chi connectivity index (χ3v) is 6.37. The van der Waals surface area contributed by atoms with Crippen molar-refractivity contribution in [3.63, 3.8) is 0 Å². The van der Waals surface area contributed by atoms with Gasteiger partial charge in [-0.3, -0.25) is 9.59 Å². The number of anilines is 1. The SMILES string of the molecule is Cc1ccc2c(c1)C(C)(C)/C(=C\c1c(S)c(=O)c1=S)N2CCCCCC(=O)O. The molecule has 0 fully saturated rings. The Morgan fingerprint density at radius 1 is 1.29 bits per heavy atom. The van der Waals surface area contributed by atoms with Gasteiger partial charge in [-0.1, -0.05) is 50.2 Å². The van der Waals surface area contributed by atoms with Crippen molar-refractivity contribution in [2.24, 2.45) is 0 Å². The molecule has 0 radical (unpaired) electrons. The molecule has 1 aliphatic rings. The van der Waals surface area contributed by atoms with Crippen LogP contribution in [-0.2, 0) is 10.2 Å². The summed E-state index contributed by atoms with van der Waals surface area (Å²) in [5, 5.41) is 8.82. The number of rotatable bonds is 7. The van der Waals surface area contributed by atoms with Gasteiger partial charge in [-0.15, -0.1) is 12.6 Å². The summed E-state index contributed by atoms with van der Waals surface area (Å²) in [6.07, 6.45) is 4.64. The number of aryl methyl sites for hydroxylation is 1. The third kappa shape index (κ3) is 3.67. The van der Waals surface area contributed by atoms with Crippen LogP contribution in [0.2, 0.25) is 0 Å². The molecule has 0 amide bonds. The van der Waals surface area contributed by atoms with Crippen LogP contribution in [0.3, 0.4) is 0 Å². The Labute approximate surface area is 176 Å². The minimum absolute atomic E-state index is 0.158. The van der Waals surface area contributed by atoms with Gasteiger partial charge in [0.1, 0.15) is 0 Å². The molecule has 1 heterocycles. The van der Waals surface area contributed by atoms with E-state index in [0.29, 0.717) is 15.8 Å². The lowest BCUT2D eigenvalue weighted by molar-refractivity contribution is -0.137. The molecule has 4 nitrogen and oxygen atoms in total. The number of carboxylic acids is 1. The van der Waals surface area contributed by atoms with E-state index in [9.17, 15) is 9.59 Å². The molecule has 1 N–H and O–H groups in total. The van der Waals surface area contributed by atoms with Gasteiger partial charge in [0, 0.05) is 35.3 Å².